The van der Waals surface area contributed by atoms with Crippen LogP contribution in [0.1, 0.15) is 48.8 Å². The number of ether oxygens (including phenoxy) is 4. The summed E-state index contributed by atoms with van der Waals surface area (Å²) in [5.41, 5.74) is 3.09. The van der Waals surface area contributed by atoms with Gasteiger partial charge in [0.15, 0.2) is 11.5 Å². The molecule has 10 nitrogen and oxygen atoms in total. The number of hydrogen-bond acceptors (Lipinski definition) is 8. The zero-order valence-corrected chi connectivity index (χ0v) is 20.8. The lowest BCUT2D eigenvalue weighted by Gasteiger charge is -2.40. The molecule has 10 heteroatoms. The number of fused-ring (bicyclic) bond motifs is 1. The van der Waals surface area contributed by atoms with Gasteiger partial charge in [0.25, 0.3) is 0 Å². The molecule has 0 spiro atoms. The molecule has 0 N–H and O–H groups in total. The number of rotatable bonds is 7. The molecule has 34 heavy (non-hydrogen) atoms. The Bertz CT molecular complexity index is 1020. The van der Waals surface area contributed by atoms with Crippen LogP contribution in [0.3, 0.4) is 0 Å². The molecule has 1 aliphatic rings. The standard InChI is InChI=1S/C24H33N3O7/c1-8-33-24(29)27-14(2)9-17(18-10-21(30-5)22(31-6)11-20(18)27)12-26(23(28)32-7)13-19-15(3)25-34-16(19)4/h10-11,14,17H,8-9,12-13H2,1-7H3. The van der Waals surface area contributed by atoms with E-state index in [4.69, 9.17) is 23.5 Å². The van der Waals surface area contributed by atoms with Crippen LogP contribution in [-0.2, 0) is 16.0 Å². The number of hydrogen-bond donors (Lipinski definition) is 0. The summed E-state index contributed by atoms with van der Waals surface area (Å²) in [5.74, 6) is 1.60. The Morgan fingerprint density at radius 3 is 2.41 bits per heavy atom. The number of carbonyl (C=O) groups is 2. The van der Waals surface area contributed by atoms with Gasteiger partial charge in [-0.3, -0.25) is 4.90 Å². The molecule has 2 heterocycles. The van der Waals surface area contributed by atoms with Crippen molar-refractivity contribution >= 4 is 17.9 Å². The van der Waals surface area contributed by atoms with E-state index in [1.807, 2.05) is 26.8 Å². The summed E-state index contributed by atoms with van der Waals surface area (Å²) in [6.07, 6.45) is -0.277. The summed E-state index contributed by atoms with van der Waals surface area (Å²) in [4.78, 5) is 28.8. The Labute approximate surface area is 199 Å². The van der Waals surface area contributed by atoms with Crippen molar-refractivity contribution < 1.29 is 33.1 Å². The largest absolute Gasteiger partial charge is 0.493 e. The molecule has 2 amide bonds. The zero-order chi connectivity index (χ0) is 25.0. The first-order valence-electron chi connectivity index (χ1n) is 11.2. The topological polar surface area (TPSA) is 104 Å². The highest BCUT2D eigenvalue weighted by Gasteiger charge is 2.37. The molecule has 0 aliphatic carbocycles. The van der Waals surface area contributed by atoms with Crippen LogP contribution >= 0.6 is 0 Å². The molecule has 1 aliphatic heterocycles. The fourth-order valence-electron chi connectivity index (χ4n) is 4.46. The summed E-state index contributed by atoms with van der Waals surface area (Å²) in [5, 5.41) is 4.00. The highest BCUT2D eigenvalue weighted by atomic mass is 16.6. The van der Waals surface area contributed by atoms with E-state index >= 15 is 0 Å². The fourth-order valence-corrected chi connectivity index (χ4v) is 4.46. The molecule has 0 saturated carbocycles. The smallest absolute Gasteiger partial charge is 0.414 e. The van der Waals surface area contributed by atoms with Crippen LogP contribution in [0.4, 0.5) is 15.3 Å². The Morgan fingerprint density at radius 1 is 1.18 bits per heavy atom. The maximum absolute atomic E-state index is 12.8. The summed E-state index contributed by atoms with van der Waals surface area (Å²) in [7, 11) is 4.47. The second kappa shape index (κ2) is 10.7. The van der Waals surface area contributed by atoms with Crippen molar-refractivity contribution in [2.45, 2.75) is 52.6 Å². The van der Waals surface area contributed by atoms with E-state index in [0.717, 1.165) is 16.8 Å². The molecule has 0 saturated heterocycles. The van der Waals surface area contributed by atoms with Gasteiger partial charge in [-0.1, -0.05) is 5.16 Å². The first kappa shape index (κ1) is 25.2. The van der Waals surface area contributed by atoms with Gasteiger partial charge >= 0.3 is 12.2 Å². The van der Waals surface area contributed by atoms with Crippen molar-refractivity contribution in [2.24, 2.45) is 0 Å². The predicted molar refractivity (Wildman–Crippen MR) is 125 cm³/mol. The van der Waals surface area contributed by atoms with E-state index in [1.165, 1.54) is 7.11 Å². The second-order valence-electron chi connectivity index (χ2n) is 8.27. The molecular weight excluding hydrogens is 442 g/mol. The van der Waals surface area contributed by atoms with Gasteiger partial charge in [0.1, 0.15) is 5.76 Å². The van der Waals surface area contributed by atoms with E-state index in [0.29, 0.717) is 42.5 Å². The van der Waals surface area contributed by atoms with Crippen molar-refractivity contribution in [3.8, 4) is 11.5 Å². The van der Waals surface area contributed by atoms with Crippen LogP contribution < -0.4 is 14.4 Å². The van der Waals surface area contributed by atoms with Gasteiger partial charge in [-0.25, -0.2) is 9.59 Å². The highest BCUT2D eigenvalue weighted by molar-refractivity contribution is 5.91. The van der Waals surface area contributed by atoms with Gasteiger partial charge in [0.2, 0.25) is 0 Å². The van der Waals surface area contributed by atoms with E-state index < -0.39 is 12.2 Å². The lowest BCUT2D eigenvalue weighted by atomic mass is 9.85. The number of anilines is 1. The van der Waals surface area contributed by atoms with Crippen LogP contribution in [0, 0.1) is 13.8 Å². The second-order valence-corrected chi connectivity index (χ2v) is 8.27. The van der Waals surface area contributed by atoms with Crippen LogP contribution in [0.25, 0.3) is 0 Å². The minimum atomic E-state index is -0.456. The molecule has 1 aromatic carbocycles. The molecule has 186 valence electrons. The van der Waals surface area contributed by atoms with Crippen molar-refractivity contribution in [3.63, 3.8) is 0 Å². The molecule has 0 radical (unpaired) electrons. The summed E-state index contributed by atoms with van der Waals surface area (Å²) >= 11 is 0. The van der Waals surface area contributed by atoms with E-state index in [1.54, 1.807) is 37.0 Å². The number of carbonyl (C=O) groups excluding carboxylic acids is 2. The number of aryl methyl sites for hydroxylation is 2. The average molecular weight is 476 g/mol. The molecular formula is C24H33N3O7. The summed E-state index contributed by atoms with van der Waals surface area (Å²) in [6.45, 7) is 8.31. The molecule has 1 aromatic heterocycles. The van der Waals surface area contributed by atoms with Crippen molar-refractivity contribution in [3.05, 3.63) is 34.7 Å². The minimum Gasteiger partial charge on any atom is -0.493 e. The Hall–Kier alpha value is -3.43. The molecule has 2 atom stereocenters. The number of benzene rings is 1. The highest BCUT2D eigenvalue weighted by Crippen LogP contribution is 2.45. The molecule has 2 unspecified atom stereocenters. The minimum absolute atomic E-state index is 0.102. The Morgan fingerprint density at radius 2 is 1.85 bits per heavy atom. The number of nitrogens with zero attached hydrogens (tertiary/aromatic N) is 3. The van der Waals surface area contributed by atoms with Gasteiger partial charge in [0.05, 0.1) is 45.9 Å². The zero-order valence-electron chi connectivity index (χ0n) is 20.8. The van der Waals surface area contributed by atoms with E-state index in [2.05, 4.69) is 5.16 Å². The SMILES string of the molecule is CCOC(=O)N1c2cc(OC)c(OC)cc2C(CN(Cc2c(C)noc2C)C(=O)OC)CC1C. The van der Waals surface area contributed by atoms with E-state index in [9.17, 15) is 9.59 Å². The van der Waals surface area contributed by atoms with Crippen LogP contribution in [0.2, 0.25) is 0 Å². The van der Waals surface area contributed by atoms with Gasteiger partial charge < -0.3 is 28.4 Å². The van der Waals surface area contributed by atoms with Gasteiger partial charge in [-0.05, 0) is 45.7 Å². The van der Waals surface area contributed by atoms with E-state index in [-0.39, 0.29) is 18.6 Å². The number of aromatic nitrogens is 1. The number of methoxy groups -OCH3 is 3. The van der Waals surface area contributed by atoms with Crippen LogP contribution in [0.5, 0.6) is 11.5 Å². The number of amides is 2. The fraction of sp³-hybridized carbons (Fsp3) is 0.542. The van der Waals surface area contributed by atoms with Gasteiger partial charge in [0, 0.05) is 30.1 Å². The quantitative estimate of drug-likeness (QED) is 0.580. The molecule has 3 rings (SSSR count). The van der Waals surface area contributed by atoms with Crippen LogP contribution in [-0.4, -0.2) is 62.8 Å². The average Bonchev–Trinajstić information content (AvgIpc) is 3.14. The Balaban J connectivity index is 2.04. The van der Waals surface area contributed by atoms with Crippen molar-refractivity contribution in [2.75, 3.05) is 39.4 Å². The van der Waals surface area contributed by atoms with Crippen molar-refractivity contribution in [1.82, 2.24) is 10.1 Å². The van der Waals surface area contributed by atoms with Crippen molar-refractivity contribution in [1.29, 1.82) is 0 Å². The monoisotopic (exact) mass is 475 g/mol. The maximum atomic E-state index is 12.8. The summed E-state index contributed by atoms with van der Waals surface area (Å²) < 4.78 is 26.7. The van der Waals surface area contributed by atoms with Gasteiger partial charge in [-0.2, -0.15) is 0 Å². The third-order valence-electron chi connectivity index (χ3n) is 6.17. The molecule has 2 aromatic rings. The third-order valence-corrected chi connectivity index (χ3v) is 6.17. The predicted octanol–water partition coefficient (Wildman–Crippen LogP) is 4.42. The lowest BCUT2D eigenvalue weighted by molar-refractivity contribution is 0.115. The normalized spacial score (nSPS) is 17.1. The summed E-state index contributed by atoms with van der Waals surface area (Å²) in [6, 6.07) is 3.47. The molecule has 0 fully saturated rings. The first-order chi connectivity index (χ1) is 16.2. The first-order valence-corrected chi connectivity index (χ1v) is 11.2. The lowest BCUT2D eigenvalue weighted by Crippen LogP contribution is -2.46. The Kier molecular flexibility index (Phi) is 7.90. The maximum Gasteiger partial charge on any atom is 0.414 e. The molecule has 0 bridgehead atoms. The third kappa shape index (κ3) is 4.90. The van der Waals surface area contributed by atoms with Crippen LogP contribution in [0.15, 0.2) is 16.7 Å². The van der Waals surface area contributed by atoms with Gasteiger partial charge in [-0.15, -0.1) is 0 Å².